The fourth-order valence-corrected chi connectivity index (χ4v) is 5.98. The molecule has 6 rings (SSSR count). The molecule has 1 aliphatic heterocycles. The summed E-state index contributed by atoms with van der Waals surface area (Å²) in [6.07, 6.45) is 0. The number of nitrogens with zero attached hydrogens (tertiary/aromatic N) is 6. The van der Waals surface area contributed by atoms with E-state index in [4.69, 9.17) is 23.4 Å². The van der Waals surface area contributed by atoms with Gasteiger partial charge in [0.2, 0.25) is 11.2 Å². The highest BCUT2D eigenvalue weighted by Gasteiger charge is 2.22. The van der Waals surface area contributed by atoms with Crippen molar-refractivity contribution in [2.24, 2.45) is 0 Å². The van der Waals surface area contributed by atoms with Crippen molar-refractivity contribution in [3.05, 3.63) is 101 Å². The van der Waals surface area contributed by atoms with Crippen LogP contribution < -0.4 is 30.0 Å². The average Bonchev–Trinajstić information content (AvgIpc) is 3.21. The summed E-state index contributed by atoms with van der Waals surface area (Å²) in [6, 6.07) is 23.3. The molecule has 0 unspecified atom stereocenters. The molecule has 1 aromatic heterocycles. The molecule has 15 heteroatoms. The van der Waals surface area contributed by atoms with Crippen LogP contribution in [-0.4, -0.2) is 113 Å². The standard InChI is InChI=1S/C42H45N7O8/c1-27-44-46-40(47-45-27)28-6-11-32(12-7-28)56-23-22-55-21-20-54-19-18-53-17-16-43-41(50)29-8-13-33(42(51)52)36(24-29)39-34-14-9-30(48(2)3)25-37(34)57-38-26-31(49(4)5)10-15-35(38)39/h6-15,24-26H,16-23H2,1-5H3,(H-,43,50,51,52). The number of aryl methyl sites for hydroxylation is 1. The normalized spacial score (nSPS) is 11.2. The maximum absolute atomic E-state index is 13.3. The summed E-state index contributed by atoms with van der Waals surface area (Å²) >= 11 is 0. The van der Waals surface area contributed by atoms with E-state index in [1.54, 1.807) is 13.0 Å². The predicted molar refractivity (Wildman–Crippen MR) is 212 cm³/mol. The molecule has 0 fully saturated rings. The zero-order chi connectivity index (χ0) is 40.3. The molecule has 15 nitrogen and oxygen atoms in total. The van der Waals surface area contributed by atoms with Gasteiger partial charge in [-0.3, -0.25) is 4.79 Å². The summed E-state index contributed by atoms with van der Waals surface area (Å²) in [4.78, 5) is 27.7. The quantitative estimate of drug-likeness (QED) is 0.0767. The number of fused-ring (bicyclic) bond motifs is 2. The van der Waals surface area contributed by atoms with E-state index in [9.17, 15) is 14.7 Å². The first kappa shape index (κ1) is 40.4. The molecule has 0 saturated heterocycles. The number of hydrogen-bond acceptors (Lipinski definition) is 13. The molecule has 4 aromatic rings. The first-order valence-electron chi connectivity index (χ1n) is 18.4. The van der Waals surface area contributed by atoms with Gasteiger partial charge in [-0.2, -0.15) is 0 Å². The summed E-state index contributed by atoms with van der Waals surface area (Å²) in [5, 5.41) is 32.8. The van der Waals surface area contributed by atoms with E-state index < -0.39 is 5.97 Å². The summed E-state index contributed by atoms with van der Waals surface area (Å²) in [5.74, 6) is 0.507. The Kier molecular flexibility index (Phi) is 13.5. The van der Waals surface area contributed by atoms with Crippen molar-refractivity contribution in [1.29, 1.82) is 0 Å². The monoisotopic (exact) mass is 775 g/mol. The van der Waals surface area contributed by atoms with Crippen LogP contribution in [0.15, 0.2) is 83.3 Å². The molecule has 0 radical (unpaired) electrons. The minimum atomic E-state index is -1.35. The summed E-state index contributed by atoms with van der Waals surface area (Å²) in [6.45, 7) is 4.51. The number of aromatic nitrogens is 4. The molecule has 1 N–H and O–H groups in total. The summed E-state index contributed by atoms with van der Waals surface area (Å²) < 4.78 is 30.9. The zero-order valence-corrected chi connectivity index (χ0v) is 32.6. The Morgan fingerprint density at radius 3 is 2.12 bits per heavy atom. The van der Waals surface area contributed by atoms with Gasteiger partial charge in [0.05, 0.1) is 51.7 Å². The highest BCUT2D eigenvalue weighted by Crippen LogP contribution is 2.42. The molecule has 0 spiro atoms. The highest BCUT2D eigenvalue weighted by atomic mass is 16.6. The first-order valence-corrected chi connectivity index (χ1v) is 18.4. The van der Waals surface area contributed by atoms with E-state index >= 15 is 0 Å². The Bertz CT molecular complexity index is 2360. The van der Waals surface area contributed by atoms with Crippen molar-refractivity contribution in [3.8, 4) is 39.6 Å². The Morgan fingerprint density at radius 1 is 0.772 bits per heavy atom. The van der Waals surface area contributed by atoms with Crippen LogP contribution >= 0.6 is 0 Å². The van der Waals surface area contributed by atoms with Gasteiger partial charge < -0.3 is 43.5 Å². The van der Waals surface area contributed by atoms with Crippen LogP contribution in [-0.2, 0) is 14.2 Å². The van der Waals surface area contributed by atoms with Crippen molar-refractivity contribution in [2.75, 3.05) is 85.9 Å². The second-order valence-corrected chi connectivity index (χ2v) is 13.4. The minimum Gasteiger partial charge on any atom is -0.545 e. The third kappa shape index (κ3) is 10.3. The largest absolute Gasteiger partial charge is 0.545 e. The van der Waals surface area contributed by atoms with E-state index in [0.717, 1.165) is 16.6 Å². The lowest BCUT2D eigenvalue weighted by Crippen LogP contribution is -2.28. The van der Waals surface area contributed by atoms with Gasteiger partial charge in [0.1, 0.15) is 37.8 Å². The van der Waals surface area contributed by atoms with Gasteiger partial charge in [0.25, 0.3) is 5.91 Å². The molecule has 296 valence electrons. The number of carbonyl (C=O) groups excluding carboxylic acids is 2. The lowest BCUT2D eigenvalue weighted by atomic mass is 9.89. The Morgan fingerprint density at radius 2 is 1.46 bits per heavy atom. The van der Waals surface area contributed by atoms with Gasteiger partial charge in [-0.25, -0.2) is 4.58 Å². The van der Waals surface area contributed by atoms with Crippen LogP contribution in [0.25, 0.3) is 44.8 Å². The van der Waals surface area contributed by atoms with Crippen molar-refractivity contribution >= 4 is 28.5 Å². The van der Waals surface area contributed by atoms with Crippen LogP contribution in [0.5, 0.6) is 5.75 Å². The molecular formula is C42H45N7O8. The number of carboxylic acids is 1. The van der Waals surface area contributed by atoms with Gasteiger partial charge in [-0.15, -0.1) is 20.4 Å². The van der Waals surface area contributed by atoms with Gasteiger partial charge >= 0.3 is 0 Å². The van der Waals surface area contributed by atoms with Crippen molar-refractivity contribution in [2.45, 2.75) is 6.92 Å². The minimum absolute atomic E-state index is 0.0383. The number of anilines is 1. The molecular weight excluding hydrogens is 731 g/mol. The SMILES string of the molecule is Cc1nnc(-c2ccc(OCCOCCOCCOCCNC(=O)c3ccc(C(=O)[O-])c(-c4c5ccc(=[N+](C)C)cc-5oc5cc(N(C)C)ccc45)c3)cc2)nn1. The Labute approximate surface area is 329 Å². The number of carboxylic acid groups (broad SMARTS) is 1. The molecule has 1 amide bonds. The number of ether oxygens (including phenoxy) is 4. The van der Waals surface area contributed by atoms with Crippen molar-refractivity contribution in [3.63, 3.8) is 0 Å². The molecule has 2 heterocycles. The topological polar surface area (TPSA) is 177 Å². The molecule has 2 aliphatic rings. The van der Waals surface area contributed by atoms with Crippen LogP contribution in [0, 0.1) is 6.92 Å². The maximum Gasteiger partial charge on any atom is 0.251 e. The third-order valence-electron chi connectivity index (χ3n) is 8.96. The van der Waals surface area contributed by atoms with Gasteiger partial charge in [-0.05, 0) is 67.1 Å². The lowest BCUT2D eigenvalue weighted by molar-refractivity contribution is -0.254. The van der Waals surface area contributed by atoms with Crippen molar-refractivity contribution < 1.29 is 38.1 Å². The molecule has 3 aromatic carbocycles. The second kappa shape index (κ2) is 19.0. The number of hydrogen-bond donors (Lipinski definition) is 1. The number of rotatable bonds is 18. The van der Waals surface area contributed by atoms with Crippen LogP contribution in [0.1, 0.15) is 26.5 Å². The number of carbonyl (C=O) groups is 2. The van der Waals surface area contributed by atoms with E-state index in [1.165, 1.54) is 12.1 Å². The summed E-state index contributed by atoms with van der Waals surface area (Å²) in [7, 11) is 7.73. The van der Waals surface area contributed by atoms with Crippen LogP contribution in [0.3, 0.4) is 0 Å². The van der Waals surface area contributed by atoms with Crippen LogP contribution in [0.2, 0.25) is 0 Å². The number of nitrogens with one attached hydrogen (secondary N) is 1. The molecule has 0 bridgehead atoms. The number of aromatic carboxylic acids is 1. The smallest absolute Gasteiger partial charge is 0.251 e. The second-order valence-electron chi connectivity index (χ2n) is 13.4. The highest BCUT2D eigenvalue weighted by molar-refractivity contribution is 6.09. The van der Waals surface area contributed by atoms with Crippen LogP contribution in [0.4, 0.5) is 5.69 Å². The van der Waals surface area contributed by atoms with Gasteiger partial charge in [0.15, 0.2) is 5.82 Å². The molecule has 57 heavy (non-hydrogen) atoms. The Balaban J connectivity index is 0.961. The molecule has 1 aliphatic carbocycles. The van der Waals surface area contributed by atoms with E-state index in [2.05, 4.69) is 25.7 Å². The van der Waals surface area contributed by atoms with E-state index in [1.807, 2.05) is 98.3 Å². The van der Waals surface area contributed by atoms with Gasteiger partial charge in [-0.1, -0.05) is 6.07 Å². The van der Waals surface area contributed by atoms with E-state index in [0.29, 0.717) is 96.0 Å². The first-order chi connectivity index (χ1) is 27.6. The third-order valence-corrected chi connectivity index (χ3v) is 8.96. The average molecular weight is 776 g/mol. The Hall–Kier alpha value is -6.29. The van der Waals surface area contributed by atoms with E-state index in [-0.39, 0.29) is 24.6 Å². The van der Waals surface area contributed by atoms with Gasteiger partial charge in [0, 0.05) is 71.7 Å². The van der Waals surface area contributed by atoms with Crippen molar-refractivity contribution in [1.82, 2.24) is 30.3 Å². The fourth-order valence-electron chi connectivity index (χ4n) is 5.98. The number of benzene rings is 4. The number of amides is 1. The summed E-state index contributed by atoms with van der Waals surface area (Å²) in [5.41, 5.74) is 4.22. The molecule has 0 atom stereocenters. The fraction of sp³-hybridized carbons (Fsp3) is 0.310. The maximum atomic E-state index is 13.3. The zero-order valence-electron chi connectivity index (χ0n) is 32.6. The predicted octanol–water partition coefficient (Wildman–Crippen LogP) is 3.08. The lowest BCUT2D eigenvalue weighted by Gasteiger charge is -2.20. The molecule has 0 saturated carbocycles.